The molecular weight excluding hydrogens is 450 g/mol. The van der Waals surface area contributed by atoms with E-state index < -0.39 is 38.7 Å². The minimum Gasteiger partial charge on any atom is -0.413 e. The zero-order valence-electron chi connectivity index (χ0n) is 21.3. The van der Waals surface area contributed by atoms with Gasteiger partial charge in [-0.3, -0.25) is 4.79 Å². The minimum absolute atomic E-state index is 0.0107. The van der Waals surface area contributed by atoms with Crippen molar-refractivity contribution in [3.8, 4) is 0 Å². The molecule has 0 aliphatic heterocycles. The first-order valence-corrected chi connectivity index (χ1v) is 14.7. The maximum absolute atomic E-state index is 13.3. The summed E-state index contributed by atoms with van der Waals surface area (Å²) in [6, 6.07) is 14.5. The van der Waals surface area contributed by atoms with Gasteiger partial charge in [0.25, 0.3) is 0 Å². The van der Waals surface area contributed by atoms with Crippen molar-refractivity contribution >= 4 is 14.1 Å². The monoisotopic (exact) mass is 490 g/mol. The van der Waals surface area contributed by atoms with Crippen molar-refractivity contribution in [1.29, 1.82) is 0 Å². The number of hydrogen-bond donors (Lipinski definition) is 2. The maximum atomic E-state index is 13.3. The van der Waals surface area contributed by atoms with Crippen LogP contribution in [0.4, 0.5) is 0 Å². The van der Waals surface area contributed by atoms with E-state index in [9.17, 15) is 15.2 Å². The Morgan fingerprint density at radius 2 is 1.59 bits per heavy atom. The van der Waals surface area contributed by atoms with E-state index >= 15 is 0 Å². The number of pyridine rings is 1. The molecule has 0 amide bonds. The first-order chi connectivity index (χ1) is 15.9. The van der Waals surface area contributed by atoms with Crippen LogP contribution in [-0.2, 0) is 9.31 Å². The van der Waals surface area contributed by atoms with Crippen molar-refractivity contribution in [2.45, 2.75) is 77.7 Å². The average Bonchev–Trinajstić information content (AvgIpc) is 2.81. The summed E-state index contributed by atoms with van der Waals surface area (Å²) in [6.07, 6.45) is 0.717. The molecule has 2 rings (SSSR count). The van der Waals surface area contributed by atoms with Crippen LogP contribution in [0.25, 0.3) is 0 Å². The zero-order valence-corrected chi connectivity index (χ0v) is 22.3. The fourth-order valence-electron chi connectivity index (χ4n) is 3.52. The molecule has 8 heteroatoms. The summed E-state index contributed by atoms with van der Waals surface area (Å²) >= 11 is 0. The number of ketones is 1. The van der Waals surface area contributed by atoms with E-state index in [0.29, 0.717) is 5.56 Å². The molecule has 0 aliphatic carbocycles. The fourth-order valence-corrected chi connectivity index (χ4v) is 4.97. The Morgan fingerprint density at radius 3 is 2.12 bits per heavy atom. The highest BCUT2D eigenvalue weighted by molar-refractivity contribution is 6.74. The van der Waals surface area contributed by atoms with Crippen LogP contribution in [0.15, 0.2) is 60.9 Å². The number of aliphatic hydroxyl groups excluding tert-OH is 1. The number of benzene rings is 1. The normalized spacial score (nSPS) is 16.9. The largest absolute Gasteiger partial charge is 0.413 e. The smallest absolute Gasteiger partial charge is 0.301 e. The Bertz CT molecular complexity index is 887. The lowest BCUT2D eigenvalue weighted by Crippen LogP contribution is -2.52. The van der Waals surface area contributed by atoms with Gasteiger partial charge in [0.15, 0.2) is 14.1 Å². The molecule has 0 saturated heterocycles. The third-order valence-corrected chi connectivity index (χ3v) is 11.3. The van der Waals surface area contributed by atoms with Gasteiger partial charge >= 0.3 is 6.29 Å². The van der Waals surface area contributed by atoms with Crippen LogP contribution in [-0.4, -0.2) is 43.0 Å². The van der Waals surface area contributed by atoms with Crippen LogP contribution in [0, 0.1) is 11.8 Å². The summed E-state index contributed by atoms with van der Waals surface area (Å²) < 4.78 is 8.12. The van der Waals surface area contributed by atoms with Gasteiger partial charge in [-0.25, -0.2) is 10.1 Å². The average molecular weight is 491 g/mol. The van der Waals surface area contributed by atoms with Crippen molar-refractivity contribution < 1.29 is 34.0 Å². The van der Waals surface area contributed by atoms with Crippen LogP contribution in [0.5, 0.6) is 0 Å². The predicted octanol–water partition coefficient (Wildman–Crippen LogP) is 4.51. The van der Waals surface area contributed by atoms with Crippen molar-refractivity contribution in [3.63, 3.8) is 0 Å². The van der Waals surface area contributed by atoms with Crippen LogP contribution >= 0.6 is 0 Å². The number of aromatic nitrogens is 1. The SMILES string of the molecule is C[C@@H]([C@H](O[Si](C)(C)C(C)(C)C)[C@H](C)C(=O)c1ccccc1)[C@H](O)CC(OO)O[n+]1ccccc1. The Kier molecular flexibility index (Phi) is 9.96. The van der Waals surface area contributed by atoms with Crippen LogP contribution < -0.4 is 9.57 Å². The van der Waals surface area contributed by atoms with E-state index in [1.165, 1.54) is 4.73 Å². The molecule has 0 fully saturated rings. The number of carbonyl (C=O) groups excluding carboxylic acids is 1. The molecule has 1 aromatic carbocycles. The first kappa shape index (κ1) is 28.1. The number of hydrogen-bond acceptors (Lipinski definition) is 6. The van der Waals surface area contributed by atoms with Crippen LogP contribution in [0.1, 0.15) is 51.4 Å². The maximum Gasteiger partial charge on any atom is 0.301 e. The summed E-state index contributed by atoms with van der Waals surface area (Å²) in [5.41, 5.74) is 0.612. The highest BCUT2D eigenvalue weighted by Crippen LogP contribution is 2.40. The minimum atomic E-state index is -2.27. The Labute approximate surface area is 204 Å². The standard InChI is InChI=1S/C26H39NO6Si/c1-19(22(28)18-23(32-30)31-27-16-12-9-13-17-27)25(33-34(6,7)26(3,4)5)20(2)24(29)21-14-10-8-11-15-21/h8-17,19-20,22-23,25,28H,18H2,1-7H3/p+1/t19-,20-,22-,23?,25+/m1/s1. The molecule has 2 aromatic rings. The van der Waals surface area contributed by atoms with E-state index in [0.717, 1.165) is 0 Å². The molecule has 1 heterocycles. The van der Waals surface area contributed by atoms with E-state index in [-0.39, 0.29) is 17.2 Å². The number of rotatable bonds is 12. The van der Waals surface area contributed by atoms with Crippen molar-refractivity contribution in [2.75, 3.05) is 0 Å². The zero-order chi connectivity index (χ0) is 25.5. The summed E-state index contributed by atoms with van der Waals surface area (Å²) in [5, 5.41) is 20.4. The Hall–Kier alpha value is -2.10. The Morgan fingerprint density at radius 1 is 1.03 bits per heavy atom. The highest BCUT2D eigenvalue weighted by atomic mass is 28.4. The van der Waals surface area contributed by atoms with E-state index in [1.54, 1.807) is 36.7 Å². The summed E-state index contributed by atoms with van der Waals surface area (Å²) in [4.78, 5) is 23.4. The van der Waals surface area contributed by atoms with Crippen molar-refractivity contribution in [3.05, 3.63) is 66.5 Å². The lowest BCUT2D eigenvalue weighted by Gasteiger charge is -2.43. The molecule has 0 spiro atoms. The van der Waals surface area contributed by atoms with Gasteiger partial charge in [0, 0.05) is 40.7 Å². The lowest BCUT2D eigenvalue weighted by molar-refractivity contribution is -0.910. The third kappa shape index (κ3) is 7.45. The molecule has 0 radical (unpaired) electrons. The lowest BCUT2D eigenvalue weighted by atomic mass is 9.84. The Balaban J connectivity index is 2.26. The topological polar surface area (TPSA) is 89.1 Å². The van der Waals surface area contributed by atoms with Crippen molar-refractivity contribution in [2.24, 2.45) is 11.8 Å². The third-order valence-electron chi connectivity index (χ3n) is 6.81. The molecule has 7 nitrogen and oxygen atoms in total. The van der Waals surface area contributed by atoms with Gasteiger partial charge in [0.1, 0.15) is 0 Å². The number of carbonyl (C=O) groups is 1. The highest BCUT2D eigenvalue weighted by Gasteiger charge is 2.44. The second kappa shape index (κ2) is 12.0. The van der Waals surface area contributed by atoms with Gasteiger partial charge in [-0.05, 0) is 18.1 Å². The predicted molar refractivity (Wildman–Crippen MR) is 133 cm³/mol. The second-order valence-corrected chi connectivity index (χ2v) is 15.2. The molecule has 0 saturated carbocycles. The number of Topliss-reactive ketones (excluding diaryl/α,β-unsaturated/α-hetero) is 1. The van der Waals surface area contributed by atoms with Gasteiger partial charge < -0.3 is 9.53 Å². The molecule has 1 unspecified atom stereocenters. The van der Waals surface area contributed by atoms with Gasteiger partial charge in [-0.2, -0.15) is 4.89 Å². The fraction of sp³-hybridized carbons (Fsp3) is 0.538. The molecule has 34 heavy (non-hydrogen) atoms. The summed E-state index contributed by atoms with van der Waals surface area (Å²) in [5.74, 6) is -0.952. The van der Waals surface area contributed by atoms with Crippen molar-refractivity contribution in [1.82, 2.24) is 0 Å². The second-order valence-electron chi connectivity index (χ2n) is 10.4. The molecule has 0 aliphatic rings. The van der Waals surface area contributed by atoms with E-state index in [4.69, 9.17) is 9.26 Å². The van der Waals surface area contributed by atoms with Gasteiger partial charge in [-0.1, -0.05) is 71.0 Å². The van der Waals surface area contributed by atoms with Crippen LogP contribution in [0.2, 0.25) is 18.1 Å². The molecular formula is C26H40NO6Si+. The van der Waals surface area contributed by atoms with Gasteiger partial charge in [0.2, 0.25) is 12.4 Å². The molecule has 2 N–H and O–H groups in total. The first-order valence-electron chi connectivity index (χ1n) is 11.8. The number of aliphatic hydroxyl groups is 1. The van der Waals surface area contributed by atoms with E-state index in [2.05, 4.69) is 38.8 Å². The molecule has 5 atom stereocenters. The molecule has 1 aromatic heterocycles. The summed E-state index contributed by atoms with van der Waals surface area (Å²) in [7, 11) is -2.27. The van der Waals surface area contributed by atoms with Gasteiger partial charge in [0.05, 0.1) is 12.2 Å². The number of nitrogens with zero attached hydrogens (tertiary/aromatic N) is 1. The molecule has 188 valence electrons. The van der Waals surface area contributed by atoms with Crippen LogP contribution in [0.3, 0.4) is 0 Å². The van der Waals surface area contributed by atoms with Gasteiger partial charge in [-0.15, -0.1) is 0 Å². The summed E-state index contributed by atoms with van der Waals surface area (Å²) in [6.45, 7) is 14.4. The van der Waals surface area contributed by atoms with E-state index in [1.807, 2.05) is 38.1 Å². The quantitative estimate of drug-likeness (QED) is 0.114. The molecule has 0 bridgehead atoms.